The molecule has 6 aliphatic rings. The molecule has 0 aromatic heterocycles. The number of carboxylic acids is 1. The SMILES string of the molecule is Cc1cc(C(=O)N[C@@H](CCC(=O)O)C(=O)NCCC(=O)NCCCN[C@H]2CC[C@@]3(C)C(=CC[C@H]4[C@@H]5CC[C@H]([C@H](C)CCCC(C)C)[C@@]5(C)CC[C@@H]43)C2)ccc1-c1c2cc(F)c(=O)cc-2oc2cc(O)c(F)cc12. The molecule has 14 heteroatoms. The summed E-state index contributed by atoms with van der Waals surface area (Å²) in [5.41, 5.74) is 3.03. The number of phenols is 1. The van der Waals surface area contributed by atoms with Gasteiger partial charge in [0.25, 0.3) is 5.91 Å². The van der Waals surface area contributed by atoms with Gasteiger partial charge in [-0.3, -0.25) is 24.0 Å². The first-order valence-electron chi connectivity index (χ1n) is 27.0. The molecule has 9 atom stereocenters. The summed E-state index contributed by atoms with van der Waals surface area (Å²) in [5, 5.41) is 31.7. The zero-order valence-corrected chi connectivity index (χ0v) is 43.6. The van der Waals surface area contributed by atoms with Gasteiger partial charge in [0.15, 0.2) is 17.4 Å². The van der Waals surface area contributed by atoms with Crippen molar-refractivity contribution in [1.29, 1.82) is 0 Å². The van der Waals surface area contributed by atoms with Crippen LogP contribution in [0.2, 0.25) is 0 Å². The average Bonchev–Trinajstić information content (AvgIpc) is 3.70. The molecular weight excluding hydrogens is 931 g/mol. The molecule has 8 rings (SSSR count). The van der Waals surface area contributed by atoms with E-state index in [-0.39, 0.29) is 53.1 Å². The lowest BCUT2D eigenvalue weighted by atomic mass is 9.47. The average molecular weight is 1010 g/mol. The van der Waals surface area contributed by atoms with Gasteiger partial charge in [0.1, 0.15) is 17.4 Å². The third kappa shape index (κ3) is 11.5. The predicted octanol–water partition coefficient (Wildman–Crippen LogP) is 10.8. The van der Waals surface area contributed by atoms with Crippen LogP contribution in [-0.4, -0.2) is 65.6 Å². The molecule has 6 N–H and O–H groups in total. The minimum atomic E-state index is -1.23. The van der Waals surface area contributed by atoms with Gasteiger partial charge in [-0.2, -0.15) is 0 Å². The summed E-state index contributed by atoms with van der Waals surface area (Å²) < 4.78 is 35.1. The van der Waals surface area contributed by atoms with Crippen molar-refractivity contribution < 1.29 is 42.6 Å². The maximum Gasteiger partial charge on any atom is 0.303 e. The standard InChI is InChI=1S/C59H76F2N4O8/c1-33(2)9-7-10-34(3)43-15-16-44-40-14-12-37-28-38(19-22-58(37,5)45(40)20-23-59(43,44)6)62-24-8-25-63-53(68)21-26-64-57(72)48(17-18-54(69)70)65-56(71)36-11-13-39(35(4)27-36)55-41-29-46(60)49(66)31-51(41)73-52-32-50(67)47(61)30-42(52)55/h11-13,27,29-34,38,40,43-45,48,62,66H,7-10,14-26,28H2,1-6H3,(H,63,68)(H,64,72)(H,65,71)(H,69,70)/t34-,38+,40+,43-,44+,45+,48+,58+,59-/m1/s1. The van der Waals surface area contributed by atoms with E-state index in [0.29, 0.717) is 40.1 Å². The molecule has 0 bridgehead atoms. The Hall–Kier alpha value is -5.63. The molecule has 0 saturated heterocycles. The van der Waals surface area contributed by atoms with Gasteiger partial charge in [0.05, 0.1) is 0 Å². The molecular formula is C59H76F2N4O8. The Kier molecular flexibility index (Phi) is 16.5. The van der Waals surface area contributed by atoms with Crippen molar-refractivity contribution in [3.63, 3.8) is 0 Å². The first-order valence-corrected chi connectivity index (χ1v) is 27.0. The van der Waals surface area contributed by atoms with Crippen LogP contribution in [0.3, 0.4) is 0 Å². The summed E-state index contributed by atoms with van der Waals surface area (Å²) >= 11 is 0. The van der Waals surface area contributed by atoms with E-state index in [1.807, 2.05) is 0 Å². The van der Waals surface area contributed by atoms with Crippen molar-refractivity contribution in [2.75, 3.05) is 19.6 Å². The number of aryl methyl sites for hydroxylation is 1. The molecule has 0 spiro atoms. The van der Waals surface area contributed by atoms with Crippen LogP contribution in [0.4, 0.5) is 8.78 Å². The summed E-state index contributed by atoms with van der Waals surface area (Å²) in [6.07, 6.45) is 17.1. The highest BCUT2D eigenvalue weighted by Crippen LogP contribution is 2.67. The second-order valence-electron chi connectivity index (χ2n) is 23.0. The lowest BCUT2D eigenvalue weighted by Crippen LogP contribution is -2.51. The maximum absolute atomic E-state index is 14.7. The summed E-state index contributed by atoms with van der Waals surface area (Å²) in [7, 11) is 0. The van der Waals surface area contributed by atoms with Crippen LogP contribution >= 0.6 is 0 Å². The molecule has 5 aliphatic carbocycles. The van der Waals surface area contributed by atoms with Crippen molar-refractivity contribution in [1.82, 2.24) is 21.3 Å². The van der Waals surface area contributed by atoms with E-state index in [0.717, 1.165) is 85.6 Å². The number of hydrogen-bond donors (Lipinski definition) is 6. The van der Waals surface area contributed by atoms with Crippen molar-refractivity contribution in [2.24, 2.45) is 46.3 Å². The quantitative estimate of drug-likeness (QED) is 0.0285. The summed E-state index contributed by atoms with van der Waals surface area (Å²) in [6.45, 7) is 15.4. The topological polar surface area (TPSA) is 187 Å². The molecule has 12 nitrogen and oxygen atoms in total. The molecule has 3 saturated carbocycles. The van der Waals surface area contributed by atoms with Crippen LogP contribution in [0, 0.1) is 64.9 Å². The van der Waals surface area contributed by atoms with Gasteiger partial charge in [-0.15, -0.1) is 0 Å². The van der Waals surface area contributed by atoms with Gasteiger partial charge in [-0.1, -0.05) is 71.6 Å². The summed E-state index contributed by atoms with van der Waals surface area (Å²) in [5.74, 6) is -0.499. The third-order valence-electron chi connectivity index (χ3n) is 17.9. The van der Waals surface area contributed by atoms with Crippen molar-refractivity contribution >= 4 is 34.7 Å². The fourth-order valence-electron chi connectivity index (χ4n) is 14.0. The largest absolute Gasteiger partial charge is 0.505 e. The van der Waals surface area contributed by atoms with Crippen molar-refractivity contribution in [3.8, 4) is 28.2 Å². The van der Waals surface area contributed by atoms with Gasteiger partial charge < -0.3 is 35.9 Å². The smallest absolute Gasteiger partial charge is 0.303 e. The van der Waals surface area contributed by atoms with Gasteiger partial charge >= 0.3 is 5.97 Å². The Morgan fingerprint density at radius 1 is 0.836 bits per heavy atom. The number of aromatic hydroxyl groups is 1. The maximum atomic E-state index is 14.7. The number of aliphatic carboxylic acids is 1. The fraction of sp³-hybridized carbons (Fsp3) is 0.576. The molecule has 1 aliphatic heterocycles. The predicted molar refractivity (Wildman–Crippen MR) is 279 cm³/mol. The number of benzene rings is 3. The first kappa shape index (κ1) is 53.7. The van der Waals surface area contributed by atoms with E-state index in [9.17, 15) is 43.0 Å². The van der Waals surface area contributed by atoms with E-state index in [2.05, 4.69) is 62.0 Å². The second-order valence-corrected chi connectivity index (χ2v) is 23.0. The van der Waals surface area contributed by atoms with Crippen LogP contribution in [0.25, 0.3) is 33.4 Å². The van der Waals surface area contributed by atoms with E-state index in [4.69, 9.17) is 4.42 Å². The molecule has 3 amide bonds. The molecule has 2 aromatic rings. The zero-order valence-electron chi connectivity index (χ0n) is 43.6. The molecule has 0 radical (unpaired) electrons. The van der Waals surface area contributed by atoms with Crippen molar-refractivity contribution in [3.05, 3.63) is 87.1 Å². The number of halogens is 2. The number of carboxylic acid groups (broad SMARTS) is 1. The highest BCUT2D eigenvalue weighted by molar-refractivity contribution is 6.04. The number of fused-ring (bicyclic) bond motifs is 7. The van der Waals surface area contributed by atoms with E-state index < -0.39 is 53.1 Å². The van der Waals surface area contributed by atoms with Gasteiger partial charge in [0, 0.05) is 66.2 Å². The highest BCUT2D eigenvalue weighted by atomic mass is 19.1. The highest BCUT2D eigenvalue weighted by Gasteiger charge is 2.59. The molecule has 1 heterocycles. The van der Waals surface area contributed by atoms with Crippen LogP contribution in [0.15, 0.2) is 63.3 Å². The Bertz CT molecular complexity index is 2770. The van der Waals surface area contributed by atoms with Crippen LogP contribution in [0.1, 0.15) is 147 Å². The van der Waals surface area contributed by atoms with E-state index in [1.54, 1.807) is 18.6 Å². The van der Waals surface area contributed by atoms with Crippen molar-refractivity contribution in [2.45, 2.75) is 150 Å². The van der Waals surface area contributed by atoms with Crippen LogP contribution in [-0.2, 0) is 14.4 Å². The summed E-state index contributed by atoms with van der Waals surface area (Å²) in [4.78, 5) is 63.5. The zero-order chi connectivity index (χ0) is 52.4. The van der Waals surface area contributed by atoms with Gasteiger partial charge in [-0.05, 0) is 159 Å². The lowest BCUT2D eigenvalue weighted by molar-refractivity contribution is -0.137. The number of carbonyl (C=O) groups is 4. The minimum Gasteiger partial charge on any atom is -0.505 e. The number of amides is 3. The Balaban J connectivity index is 0.789. The van der Waals surface area contributed by atoms with Gasteiger partial charge in [0.2, 0.25) is 17.2 Å². The Morgan fingerprint density at radius 3 is 2.38 bits per heavy atom. The number of phenolic OH excluding ortho intramolecular Hbond substituents is 1. The number of allylic oxidation sites excluding steroid dienone is 1. The van der Waals surface area contributed by atoms with Crippen LogP contribution in [0.5, 0.6) is 5.75 Å². The lowest BCUT2D eigenvalue weighted by Gasteiger charge is -2.58. The normalized spacial score (nSPS) is 25.3. The number of nitrogens with one attached hydrogen (secondary N) is 4. The number of rotatable bonds is 20. The monoisotopic (exact) mass is 1010 g/mol. The molecule has 2 aromatic carbocycles. The first-order chi connectivity index (χ1) is 34.8. The van der Waals surface area contributed by atoms with E-state index >= 15 is 0 Å². The molecule has 3 fully saturated rings. The Labute approximate surface area is 428 Å². The molecule has 73 heavy (non-hydrogen) atoms. The van der Waals surface area contributed by atoms with Gasteiger partial charge in [-0.25, -0.2) is 8.78 Å². The molecule has 394 valence electrons. The fourth-order valence-corrected chi connectivity index (χ4v) is 14.0. The van der Waals surface area contributed by atoms with E-state index in [1.165, 1.54) is 69.9 Å². The third-order valence-corrected chi connectivity index (χ3v) is 17.9. The summed E-state index contributed by atoms with van der Waals surface area (Å²) in [6, 6.07) is 7.73. The van der Waals surface area contributed by atoms with Crippen LogP contribution < -0.4 is 26.7 Å². The number of hydrogen-bond acceptors (Lipinski definition) is 8. The minimum absolute atomic E-state index is 0.00400. The second kappa shape index (κ2) is 22.5. The molecule has 0 unspecified atom stereocenters. The Morgan fingerprint density at radius 2 is 1.63 bits per heavy atom. The number of carbonyl (C=O) groups excluding carboxylic acids is 3.